The lowest BCUT2D eigenvalue weighted by Crippen LogP contribution is -2.16. The Kier molecular flexibility index (Phi) is 5.57. The first kappa shape index (κ1) is 16.3. The molecule has 6 heteroatoms. The molecular formula is C17H20Cl2N4. The van der Waals surface area contributed by atoms with E-state index in [9.17, 15) is 0 Å². The van der Waals surface area contributed by atoms with Crippen molar-refractivity contribution in [3.05, 3.63) is 46.1 Å². The molecule has 0 spiro atoms. The molecular weight excluding hydrogens is 331 g/mol. The van der Waals surface area contributed by atoms with Crippen molar-refractivity contribution in [1.82, 2.24) is 9.97 Å². The van der Waals surface area contributed by atoms with E-state index in [1.807, 2.05) is 18.2 Å². The zero-order chi connectivity index (χ0) is 16.1. The number of benzene rings is 1. The number of aromatic nitrogens is 2. The van der Waals surface area contributed by atoms with Crippen LogP contribution in [0.4, 0.5) is 11.8 Å². The summed E-state index contributed by atoms with van der Waals surface area (Å²) in [6.07, 6.45) is 7.62. The van der Waals surface area contributed by atoms with Crippen LogP contribution in [0.2, 0.25) is 10.0 Å². The maximum Gasteiger partial charge on any atom is 0.224 e. The van der Waals surface area contributed by atoms with E-state index in [0.717, 1.165) is 17.8 Å². The summed E-state index contributed by atoms with van der Waals surface area (Å²) in [5.74, 6) is 1.53. The van der Waals surface area contributed by atoms with E-state index in [1.165, 1.54) is 25.7 Å². The van der Waals surface area contributed by atoms with Crippen LogP contribution in [0.25, 0.3) is 0 Å². The van der Waals surface area contributed by atoms with Gasteiger partial charge in [0, 0.05) is 28.8 Å². The fraction of sp³-hybridized carbons (Fsp3) is 0.412. The van der Waals surface area contributed by atoms with Crippen LogP contribution in [0.3, 0.4) is 0 Å². The van der Waals surface area contributed by atoms with Crippen molar-refractivity contribution in [2.75, 3.05) is 17.2 Å². The first-order valence-electron chi connectivity index (χ1n) is 7.98. The van der Waals surface area contributed by atoms with Gasteiger partial charge >= 0.3 is 0 Å². The number of nitrogens with zero attached hydrogens (tertiary/aromatic N) is 2. The van der Waals surface area contributed by atoms with Gasteiger partial charge in [0.25, 0.3) is 0 Å². The van der Waals surface area contributed by atoms with Gasteiger partial charge in [-0.1, -0.05) is 42.1 Å². The standard InChI is InChI=1S/C17H20Cl2N4/c18-13-6-5-12(15(19)11-13)7-9-20-17-21-10-8-16(23-17)22-14-3-1-2-4-14/h5-6,8,10-11,14H,1-4,7,9H2,(H2,20,21,22,23). The third kappa shape index (κ3) is 4.72. The van der Waals surface area contributed by atoms with E-state index in [-0.39, 0.29) is 0 Å². The van der Waals surface area contributed by atoms with Crippen molar-refractivity contribution in [2.45, 2.75) is 38.1 Å². The van der Waals surface area contributed by atoms with Gasteiger partial charge in [-0.25, -0.2) is 4.98 Å². The van der Waals surface area contributed by atoms with E-state index in [2.05, 4.69) is 20.6 Å². The number of hydrogen-bond acceptors (Lipinski definition) is 4. The molecule has 1 fully saturated rings. The molecule has 0 aliphatic heterocycles. The predicted molar refractivity (Wildman–Crippen MR) is 96.6 cm³/mol. The van der Waals surface area contributed by atoms with Crippen LogP contribution in [0.1, 0.15) is 31.2 Å². The molecule has 1 aromatic carbocycles. The van der Waals surface area contributed by atoms with Gasteiger partial charge in [0.05, 0.1) is 0 Å². The Balaban J connectivity index is 1.53. The SMILES string of the molecule is Clc1ccc(CCNc2nccc(NC3CCCC3)n2)c(Cl)c1. The highest BCUT2D eigenvalue weighted by Gasteiger charge is 2.15. The van der Waals surface area contributed by atoms with Crippen molar-refractivity contribution in [3.8, 4) is 0 Å². The quantitative estimate of drug-likeness (QED) is 0.785. The highest BCUT2D eigenvalue weighted by atomic mass is 35.5. The van der Waals surface area contributed by atoms with Gasteiger partial charge < -0.3 is 10.6 Å². The highest BCUT2D eigenvalue weighted by Crippen LogP contribution is 2.22. The van der Waals surface area contributed by atoms with Gasteiger partial charge in [0.1, 0.15) is 5.82 Å². The maximum atomic E-state index is 6.18. The average Bonchev–Trinajstić information content (AvgIpc) is 3.03. The fourth-order valence-electron chi connectivity index (χ4n) is 2.84. The molecule has 1 aliphatic rings. The second-order valence-electron chi connectivity index (χ2n) is 5.80. The highest BCUT2D eigenvalue weighted by molar-refractivity contribution is 6.35. The summed E-state index contributed by atoms with van der Waals surface area (Å²) in [6.45, 7) is 0.717. The summed E-state index contributed by atoms with van der Waals surface area (Å²) in [4.78, 5) is 8.78. The molecule has 2 N–H and O–H groups in total. The molecule has 0 atom stereocenters. The van der Waals surface area contributed by atoms with Crippen molar-refractivity contribution in [1.29, 1.82) is 0 Å². The minimum Gasteiger partial charge on any atom is -0.367 e. The van der Waals surface area contributed by atoms with Crippen molar-refractivity contribution in [2.24, 2.45) is 0 Å². The Labute approximate surface area is 146 Å². The summed E-state index contributed by atoms with van der Waals surface area (Å²) in [5, 5.41) is 8.07. The molecule has 2 aromatic rings. The molecule has 0 unspecified atom stereocenters. The van der Waals surface area contributed by atoms with Crippen LogP contribution in [0, 0.1) is 0 Å². The molecule has 1 heterocycles. The number of anilines is 2. The summed E-state index contributed by atoms with van der Waals surface area (Å²) in [5.41, 5.74) is 1.06. The molecule has 122 valence electrons. The van der Waals surface area contributed by atoms with Crippen LogP contribution >= 0.6 is 23.2 Å². The average molecular weight is 351 g/mol. The van der Waals surface area contributed by atoms with Gasteiger partial charge in [0.15, 0.2) is 0 Å². The molecule has 0 amide bonds. The van der Waals surface area contributed by atoms with Gasteiger partial charge in [0.2, 0.25) is 5.95 Å². The van der Waals surface area contributed by atoms with E-state index in [4.69, 9.17) is 23.2 Å². The Morgan fingerprint density at radius 2 is 1.96 bits per heavy atom. The predicted octanol–water partition coefficient (Wildman–Crippen LogP) is 4.79. The number of halogens is 2. The Bertz CT molecular complexity index is 657. The van der Waals surface area contributed by atoms with Crippen LogP contribution < -0.4 is 10.6 Å². The summed E-state index contributed by atoms with van der Waals surface area (Å²) in [7, 11) is 0. The Morgan fingerprint density at radius 1 is 1.13 bits per heavy atom. The summed E-state index contributed by atoms with van der Waals surface area (Å²) >= 11 is 12.1. The lowest BCUT2D eigenvalue weighted by molar-refractivity contribution is 0.750. The lowest BCUT2D eigenvalue weighted by Gasteiger charge is -2.13. The third-order valence-electron chi connectivity index (χ3n) is 4.06. The lowest BCUT2D eigenvalue weighted by atomic mass is 10.1. The number of nitrogens with one attached hydrogen (secondary N) is 2. The van der Waals surface area contributed by atoms with E-state index in [1.54, 1.807) is 12.3 Å². The third-order valence-corrected chi connectivity index (χ3v) is 4.64. The zero-order valence-corrected chi connectivity index (χ0v) is 14.4. The van der Waals surface area contributed by atoms with Gasteiger partial charge in [-0.2, -0.15) is 4.98 Å². The smallest absolute Gasteiger partial charge is 0.224 e. The Morgan fingerprint density at radius 3 is 2.74 bits per heavy atom. The minimum atomic E-state index is 0.547. The molecule has 23 heavy (non-hydrogen) atoms. The number of rotatable bonds is 6. The molecule has 0 bridgehead atoms. The van der Waals surface area contributed by atoms with Crippen LogP contribution in [-0.2, 0) is 6.42 Å². The second-order valence-corrected chi connectivity index (χ2v) is 6.65. The van der Waals surface area contributed by atoms with Gasteiger partial charge in [-0.15, -0.1) is 0 Å². The molecule has 4 nitrogen and oxygen atoms in total. The minimum absolute atomic E-state index is 0.547. The summed E-state index contributed by atoms with van der Waals surface area (Å²) < 4.78 is 0. The molecule has 1 aliphatic carbocycles. The topological polar surface area (TPSA) is 49.8 Å². The van der Waals surface area contributed by atoms with Crippen molar-refractivity contribution >= 4 is 35.0 Å². The van der Waals surface area contributed by atoms with E-state index < -0.39 is 0 Å². The normalized spacial score (nSPS) is 14.9. The Hall–Kier alpha value is -1.52. The molecule has 3 rings (SSSR count). The molecule has 1 saturated carbocycles. The number of hydrogen-bond donors (Lipinski definition) is 2. The van der Waals surface area contributed by atoms with Crippen molar-refractivity contribution < 1.29 is 0 Å². The van der Waals surface area contributed by atoms with Gasteiger partial charge in [-0.05, 0) is 43.0 Å². The maximum absolute atomic E-state index is 6.18. The zero-order valence-electron chi connectivity index (χ0n) is 12.9. The molecule has 0 saturated heterocycles. The molecule has 0 radical (unpaired) electrons. The first-order valence-corrected chi connectivity index (χ1v) is 8.74. The van der Waals surface area contributed by atoms with E-state index >= 15 is 0 Å². The van der Waals surface area contributed by atoms with E-state index in [0.29, 0.717) is 28.6 Å². The first-order chi connectivity index (χ1) is 11.2. The van der Waals surface area contributed by atoms with Crippen LogP contribution in [0.5, 0.6) is 0 Å². The second kappa shape index (κ2) is 7.84. The largest absolute Gasteiger partial charge is 0.367 e. The fourth-order valence-corrected chi connectivity index (χ4v) is 3.34. The monoisotopic (exact) mass is 350 g/mol. The van der Waals surface area contributed by atoms with Crippen molar-refractivity contribution in [3.63, 3.8) is 0 Å². The van der Waals surface area contributed by atoms with Gasteiger partial charge in [-0.3, -0.25) is 0 Å². The molecule has 1 aromatic heterocycles. The van der Waals surface area contributed by atoms with Crippen LogP contribution in [0.15, 0.2) is 30.5 Å². The summed E-state index contributed by atoms with van der Waals surface area (Å²) in [6, 6.07) is 8.03. The van der Waals surface area contributed by atoms with Crippen LogP contribution in [-0.4, -0.2) is 22.6 Å².